The Hall–Kier alpha value is -0.760. The van der Waals surface area contributed by atoms with Crippen LogP contribution in [0.5, 0.6) is 5.75 Å². The van der Waals surface area contributed by atoms with Crippen molar-refractivity contribution in [1.82, 2.24) is 4.98 Å². The summed E-state index contributed by atoms with van der Waals surface area (Å²) in [5.74, 6) is 0.847. The highest BCUT2D eigenvalue weighted by Crippen LogP contribution is 2.29. The largest absolute Gasteiger partial charge is 0.495 e. The van der Waals surface area contributed by atoms with Gasteiger partial charge in [0, 0.05) is 11.6 Å². The average Bonchev–Trinajstić information content (AvgIpc) is 2.24. The van der Waals surface area contributed by atoms with Gasteiger partial charge in [0.05, 0.1) is 12.8 Å². The van der Waals surface area contributed by atoms with Gasteiger partial charge in [-0.25, -0.2) is 0 Å². The number of alkyl halides is 1. The standard InChI is InChI=1S/C13H20ClNO/c1-13(2,3)12(14)8-7-10-11(16-4)6-5-9-15-10/h5-6,9,12H,7-8H2,1-4H3. The van der Waals surface area contributed by atoms with E-state index in [1.807, 2.05) is 12.1 Å². The van der Waals surface area contributed by atoms with Gasteiger partial charge in [0.15, 0.2) is 0 Å². The van der Waals surface area contributed by atoms with E-state index in [-0.39, 0.29) is 10.8 Å². The number of nitrogens with zero attached hydrogens (tertiary/aromatic N) is 1. The van der Waals surface area contributed by atoms with Crippen LogP contribution in [0.4, 0.5) is 0 Å². The fraction of sp³-hybridized carbons (Fsp3) is 0.615. The molecule has 0 radical (unpaired) electrons. The van der Waals surface area contributed by atoms with Gasteiger partial charge in [-0.2, -0.15) is 0 Å². The predicted molar refractivity (Wildman–Crippen MR) is 68.2 cm³/mol. The molecule has 16 heavy (non-hydrogen) atoms. The van der Waals surface area contributed by atoms with Crippen LogP contribution in [-0.2, 0) is 6.42 Å². The fourth-order valence-electron chi connectivity index (χ4n) is 1.49. The number of methoxy groups -OCH3 is 1. The molecule has 1 rings (SSSR count). The van der Waals surface area contributed by atoms with Crippen molar-refractivity contribution in [3.63, 3.8) is 0 Å². The summed E-state index contributed by atoms with van der Waals surface area (Å²) >= 11 is 6.33. The van der Waals surface area contributed by atoms with Gasteiger partial charge in [-0.15, -0.1) is 11.6 Å². The first kappa shape index (κ1) is 13.3. The van der Waals surface area contributed by atoms with Crippen molar-refractivity contribution < 1.29 is 4.74 Å². The number of aromatic nitrogens is 1. The Bertz CT molecular complexity index is 333. The van der Waals surface area contributed by atoms with Gasteiger partial charge in [0.2, 0.25) is 0 Å². The average molecular weight is 242 g/mol. The normalized spacial score (nSPS) is 13.6. The van der Waals surface area contributed by atoms with Crippen molar-refractivity contribution >= 4 is 11.6 Å². The van der Waals surface area contributed by atoms with Gasteiger partial charge in [0.1, 0.15) is 5.75 Å². The number of halogens is 1. The number of aryl methyl sites for hydroxylation is 1. The molecule has 0 spiro atoms. The minimum absolute atomic E-state index is 0.129. The van der Waals surface area contributed by atoms with Gasteiger partial charge in [-0.1, -0.05) is 20.8 Å². The maximum absolute atomic E-state index is 6.33. The molecule has 0 amide bonds. The van der Waals surface area contributed by atoms with Crippen molar-refractivity contribution in [1.29, 1.82) is 0 Å². The molecule has 1 aromatic heterocycles. The van der Waals surface area contributed by atoms with E-state index < -0.39 is 0 Å². The summed E-state index contributed by atoms with van der Waals surface area (Å²) in [6.07, 6.45) is 3.56. The maximum Gasteiger partial charge on any atom is 0.140 e. The van der Waals surface area contributed by atoms with E-state index in [1.54, 1.807) is 13.3 Å². The van der Waals surface area contributed by atoms with Crippen LogP contribution in [0.2, 0.25) is 0 Å². The maximum atomic E-state index is 6.33. The van der Waals surface area contributed by atoms with Crippen molar-refractivity contribution in [2.75, 3.05) is 7.11 Å². The molecule has 0 aliphatic carbocycles. The summed E-state index contributed by atoms with van der Waals surface area (Å²) in [6.45, 7) is 6.46. The third kappa shape index (κ3) is 3.67. The summed E-state index contributed by atoms with van der Waals surface area (Å²) < 4.78 is 5.26. The van der Waals surface area contributed by atoms with Crippen LogP contribution in [0.1, 0.15) is 32.9 Å². The molecule has 2 nitrogen and oxygen atoms in total. The van der Waals surface area contributed by atoms with Crippen LogP contribution in [0.25, 0.3) is 0 Å². The van der Waals surface area contributed by atoms with Crippen LogP contribution in [0.15, 0.2) is 18.3 Å². The smallest absolute Gasteiger partial charge is 0.140 e. The summed E-state index contributed by atoms with van der Waals surface area (Å²) in [5, 5.41) is 0.152. The highest BCUT2D eigenvalue weighted by atomic mass is 35.5. The molecular weight excluding hydrogens is 222 g/mol. The Morgan fingerprint density at radius 3 is 2.69 bits per heavy atom. The molecule has 3 heteroatoms. The molecule has 0 saturated carbocycles. The van der Waals surface area contributed by atoms with Crippen molar-refractivity contribution in [2.45, 2.75) is 39.0 Å². The lowest BCUT2D eigenvalue weighted by Crippen LogP contribution is -2.21. The molecule has 0 aromatic carbocycles. The Kier molecular flexibility index (Phi) is 4.60. The Morgan fingerprint density at radius 1 is 1.44 bits per heavy atom. The third-order valence-corrected chi connectivity index (χ3v) is 3.52. The van der Waals surface area contributed by atoms with Gasteiger partial charge in [0.25, 0.3) is 0 Å². The van der Waals surface area contributed by atoms with Crippen LogP contribution in [0, 0.1) is 5.41 Å². The first-order valence-corrected chi connectivity index (χ1v) is 6.00. The molecule has 0 aliphatic rings. The molecule has 0 fully saturated rings. The lowest BCUT2D eigenvalue weighted by molar-refractivity contribution is 0.368. The van der Waals surface area contributed by atoms with Gasteiger partial charge < -0.3 is 4.74 Å². The Morgan fingerprint density at radius 2 is 2.12 bits per heavy atom. The molecule has 0 aliphatic heterocycles. The second kappa shape index (κ2) is 5.53. The van der Waals surface area contributed by atoms with Gasteiger partial charge in [-0.05, 0) is 30.4 Å². The zero-order chi connectivity index (χ0) is 12.2. The van der Waals surface area contributed by atoms with Crippen molar-refractivity contribution in [2.24, 2.45) is 5.41 Å². The molecule has 1 atom stereocenters. The molecule has 1 unspecified atom stereocenters. The van der Waals surface area contributed by atoms with E-state index in [0.29, 0.717) is 0 Å². The predicted octanol–water partition coefficient (Wildman–Crippen LogP) is 3.68. The minimum atomic E-state index is 0.129. The number of hydrogen-bond donors (Lipinski definition) is 0. The van der Waals surface area contributed by atoms with Crippen LogP contribution in [0.3, 0.4) is 0 Å². The summed E-state index contributed by atoms with van der Waals surface area (Å²) in [6, 6.07) is 3.81. The summed E-state index contributed by atoms with van der Waals surface area (Å²) in [7, 11) is 1.67. The molecular formula is C13H20ClNO. The molecule has 0 bridgehead atoms. The highest BCUT2D eigenvalue weighted by molar-refractivity contribution is 6.21. The lowest BCUT2D eigenvalue weighted by Gasteiger charge is -2.25. The lowest BCUT2D eigenvalue weighted by atomic mass is 9.89. The van der Waals surface area contributed by atoms with Crippen LogP contribution < -0.4 is 4.74 Å². The van der Waals surface area contributed by atoms with E-state index in [9.17, 15) is 0 Å². The molecule has 1 aromatic rings. The molecule has 0 N–H and O–H groups in total. The third-order valence-electron chi connectivity index (χ3n) is 2.64. The first-order chi connectivity index (χ1) is 7.45. The Labute approximate surface area is 103 Å². The fourth-order valence-corrected chi connectivity index (χ4v) is 1.60. The van der Waals surface area contributed by atoms with E-state index in [4.69, 9.17) is 16.3 Å². The van der Waals surface area contributed by atoms with E-state index in [2.05, 4.69) is 25.8 Å². The zero-order valence-corrected chi connectivity index (χ0v) is 11.2. The first-order valence-electron chi connectivity index (χ1n) is 5.57. The van der Waals surface area contributed by atoms with Gasteiger partial charge >= 0.3 is 0 Å². The summed E-state index contributed by atoms with van der Waals surface area (Å²) in [4.78, 5) is 4.32. The summed E-state index contributed by atoms with van der Waals surface area (Å²) in [5.41, 5.74) is 1.11. The number of rotatable bonds is 4. The highest BCUT2D eigenvalue weighted by Gasteiger charge is 2.22. The van der Waals surface area contributed by atoms with Crippen molar-refractivity contribution in [3.8, 4) is 5.75 Å². The van der Waals surface area contributed by atoms with Crippen LogP contribution >= 0.6 is 11.6 Å². The van der Waals surface area contributed by atoms with Crippen molar-refractivity contribution in [3.05, 3.63) is 24.0 Å². The van der Waals surface area contributed by atoms with Gasteiger partial charge in [-0.3, -0.25) is 4.98 Å². The number of ether oxygens (including phenoxy) is 1. The zero-order valence-electron chi connectivity index (χ0n) is 10.5. The van der Waals surface area contributed by atoms with E-state index in [1.165, 1.54) is 0 Å². The SMILES string of the molecule is COc1cccnc1CCC(Cl)C(C)(C)C. The molecule has 1 heterocycles. The minimum Gasteiger partial charge on any atom is -0.495 e. The van der Waals surface area contributed by atoms with E-state index >= 15 is 0 Å². The van der Waals surface area contributed by atoms with E-state index in [0.717, 1.165) is 24.3 Å². The number of hydrogen-bond acceptors (Lipinski definition) is 2. The number of pyridine rings is 1. The second-order valence-corrected chi connectivity index (χ2v) is 5.55. The second-order valence-electron chi connectivity index (χ2n) is 5.02. The molecule has 0 saturated heterocycles. The topological polar surface area (TPSA) is 22.1 Å². The monoisotopic (exact) mass is 241 g/mol. The molecule has 90 valence electrons. The Balaban J connectivity index is 2.61. The quantitative estimate of drug-likeness (QED) is 0.751. The van der Waals surface area contributed by atoms with Crippen LogP contribution in [-0.4, -0.2) is 17.5 Å².